The maximum atomic E-state index is 9.47. The Balaban J connectivity index is 1.71. The zero-order valence-electron chi connectivity index (χ0n) is 12.3. The van der Waals surface area contributed by atoms with Crippen LogP contribution in [0, 0.1) is 0 Å². The van der Waals surface area contributed by atoms with E-state index in [9.17, 15) is 10.2 Å². The van der Waals surface area contributed by atoms with E-state index in [2.05, 4.69) is 17.1 Å². The van der Waals surface area contributed by atoms with Crippen LogP contribution in [0.2, 0.25) is 0 Å². The number of rotatable bonds is 6. The fourth-order valence-electron chi connectivity index (χ4n) is 2.68. The molecule has 0 bridgehead atoms. The first-order valence-corrected chi connectivity index (χ1v) is 7.65. The molecule has 4 heteroatoms. The number of phenolic OH excluding ortho intramolecular Hbond substituents is 2. The van der Waals surface area contributed by atoms with Crippen molar-refractivity contribution in [3.8, 4) is 11.5 Å². The molecule has 1 aliphatic rings. The number of nitrogens with one attached hydrogen (secondary N) is 1. The van der Waals surface area contributed by atoms with Crippen molar-refractivity contribution in [3.63, 3.8) is 0 Å². The Morgan fingerprint density at radius 3 is 2.60 bits per heavy atom. The largest absolute Gasteiger partial charge is 0.504 e. The van der Waals surface area contributed by atoms with E-state index in [0.29, 0.717) is 6.04 Å². The second-order valence-corrected chi connectivity index (χ2v) is 5.67. The van der Waals surface area contributed by atoms with Crippen molar-refractivity contribution in [1.82, 2.24) is 10.2 Å². The predicted octanol–water partition coefficient (Wildman–Crippen LogP) is 2.45. The van der Waals surface area contributed by atoms with Crippen molar-refractivity contribution in [1.29, 1.82) is 0 Å². The van der Waals surface area contributed by atoms with Gasteiger partial charge in [-0.25, -0.2) is 0 Å². The van der Waals surface area contributed by atoms with Gasteiger partial charge < -0.3 is 20.4 Å². The van der Waals surface area contributed by atoms with Gasteiger partial charge in [0, 0.05) is 12.6 Å². The standard InChI is InChI=1S/C16H26N2O2/c1-2-3-8-18-9-6-14(7-10-18)17-12-13-4-5-15(19)16(20)11-13/h4-5,11,14,17,19-20H,2-3,6-10,12H2,1H3. The van der Waals surface area contributed by atoms with Crippen molar-refractivity contribution < 1.29 is 10.2 Å². The van der Waals surface area contributed by atoms with Gasteiger partial charge in [0.15, 0.2) is 11.5 Å². The molecule has 0 radical (unpaired) electrons. The lowest BCUT2D eigenvalue weighted by molar-refractivity contribution is 0.195. The summed E-state index contributed by atoms with van der Waals surface area (Å²) in [4.78, 5) is 2.55. The molecule has 0 atom stereocenters. The van der Waals surface area contributed by atoms with E-state index >= 15 is 0 Å². The number of nitrogens with zero attached hydrogens (tertiary/aromatic N) is 1. The van der Waals surface area contributed by atoms with E-state index in [0.717, 1.165) is 12.1 Å². The molecule has 1 aliphatic heterocycles. The SMILES string of the molecule is CCCCN1CCC(NCc2ccc(O)c(O)c2)CC1. The number of benzene rings is 1. The Hall–Kier alpha value is -1.26. The lowest BCUT2D eigenvalue weighted by atomic mass is 10.0. The monoisotopic (exact) mass is 278 g/mol. The molecule has 1 heterocycles. The summed E-state index contributed by atoms with van der Waals surface area (Å²) in [5.41, 5.74) is 1.01. The number of likely N-dealkylation sites (tertiary alicyclic amines) is 1. The first-order chi connectivity index (χ1) is 9.69. The van der Waals surface area contributed by atoms with Gasteiger partial charge in [-0.15, -0.1) is 0 Å². The molecule has 0 aromatic heterocycles. The maximum Gasteiger partial charge on any atom is 0.157 e. The van der Waals surface area contributed by atoms with Gasteiger partial charge in [0.05, 0.1) is 0 Å². The van der Waals surface area contributed by atoms with Crippen molar-refractivity contribution >= 4 is 0 Å². The second-order valence-electron chi connectivity index (χ2n) is 5.67. The Morgan fingerprint density at radius 1 is 1.20 bits per heavy atom. The summed E-state index contributed by atoms with van der Waals surface area (Å²) in [6.45, 7) is 6.57. The Labute approximate surface area is 121 Å². The fraction of sp³-hybridized carbons (Fsp3) is 0.625. The minimum Gasteiger partial charge on any atom is -0.504 e. The van der Waals surface area contributed by atoms with E-state index in [1.54, 1.807) is 12.1 Å². The summed E-state index contributed by atoms with van der Waals surface area (Å²) < 4.78 is 0. The normalized spacial score (nSPS) is 17.4. The van der Waals surface area contributed by atoms with E-state index < -0.39 is 0 Å². The van der Waals surface area contributed by atoms with Gasteiger partial charge in [0.25, 0.3) is 0 Å². The smallest absolute Gasteiger partial charge is 0.157 e. The number of phenols is 2. The van der Waals surface area contributed by atoms with Crippen LogP contribution in [0.5, 0.6) is 11.5 Å². The van der Waals surface area contributed by atoms with Gasteiger partial charge in [-0.05, 0) is 56.6 Å². The van der Waals surface area contributed by atoms with Crippen LogP contribution in [0.15, 0.2) is 18.2 Å². The maximum absolute atomic E-state index is 9.47. The highest BCUT2D eigenvalue weighted by molar-refractivity contribution is 5.40. The Kier molecular flexibility index (Phi) is 5.68. The molecule has 1 aromatic rings. The van der Waals surface area contributed by atoms with Gasteiger partial charge in [0.1, 0.15) is 0 Å². The molecule has 1 fully saturated rings. The molecule has 0 unspecified atom stereocenters. The number of unbranched alkanes of at least 4 members (excludes halogenated alkanes) is 1. The Morgan fingerprint density at radius 2 is 1.95 bits per heavy atom. The van der Waals surface area contributed by atoms with Crippen LogP contribution in [0.25, 0.3) is 0 Å². The van der Waals surface area contributed by atoms with Crippen molar-refractivity contribution in [3.05, 3.63) is 23.8 Å². The molecule has 1 saturated heterocycles. The van der Waals surface area contributed by atoms with Gasteiger partial charge in [-0.2, -0.15) is 0 Å². The highest BCUT2D eigenvalue weighted by atomic mass is 16.3. The molecule has 2 rings (SSSR count). The molecule has 112 valence electrons. The Bertz CT molecular complexity index is 415. The first kappa shape index (κ1) is 15.1. The topological polar surface area (TPSA) is 55.7 Å². The zero-order chi connectivity index (χ0) is 14.4. The predicted molar refractivity (Wildman–Crippen MR) is 81.0 cm³/mol. The van der Waals surface area contributed by atoms with Crippen LogP contribution in [0.4, 0.5) is 0 Å². The summed E-state index contributed by atoms with van der Waals surface area (Å²) in [5, 5.41) is 22.3. The summed E-state index contributed by atoms with van der Waals surface area (Å²) >= 11 is 0. The molecular weight excluding hydrogens is 252 g/mol. The van der Waals surface area contributed by atoms with Crippen LogP contribution in [0.3, 0.4) is 0 Å². The van der Waals surface area contributed by atoms with Crippen LogP contribution >= 0.6 is 0 Å². The minimum atomic E-state index is -0.0574. The molecule has 3 N–H and O–H groups in total. The summed E-state index contributed by atoms with van der Waals surface area (Å²) in [6.07, 6.45) is 4.94. The molecule has 4 nitrogen and oxygen atoms in total. The van der Waals surface area contributed by atoms with Crippen LogP contribution in [-0.4, -0.2) is 40.8 Å². The number of aromatic hydroxyl groups is 2. The summed E-state index contributed by atoms with van der Waals surface area (Å²) in [7, 11) is 0. The number of hydrogen-bond acceptors (Lipinski definition) is 4. The van der Waals surface area contributed by atoms with E-state index in [-0.39, 0.29) is 11.5 Å². The molecule has 0 spiro atoms. The van der Waals surface area contributed by atoms with E-state index in [4.69, 9.17) is 0 Å². The van der Waals surface area contributed by atoms with Gasteiger partial charge in [-0.3, -0.25) is 0 Å². The summed E-state index contributed by atoms with van der Waals surface area (Å²) in [5.74, 6) is -0.100. The van der Waals surface area contributed by atoms with Crippen LogP contribution in [-0.2, 0) is 6.54 Å². The highest BCUT2D eigenvalue weighted by Crippen LogP contribution is 2.24. The summed E-state index contributed by atoms with van der Waals surface area (Å²) in [6, 6.07) is 5.57. The lowest BCUT2D eigenvalue weighted by Crippen LogP contribution is -2.42. The number of hydrogen-bond donors (Lipinski definition) is 3. The van der Waals surface area contributed by atoms with E-state index in [1.165, 1.54) is 45.3 Å². The average molecular weight is 278 g/mol. The van der Waals surface area contributed by atoms with Crippen molar-refractivity contribution in [2.75, 3.05) is 19.6 Å². The van der Waals surface area contributed by atoms with Crippen molar-refractivity contribution in [2.45, 2.75) is 45.2 Å². The van der Waals surface area contributed by atoms with Gasteiger partial charge >= 0.3 is 0 Å². The first-order valence-electron chi connectivity index (χ1n) is 7.65. The molecule has 1 aromatic carbocycles. The lowest BCUT2D eigenvalue weighted by Gasteiger charge is -2.32. The molecule has 20 heavy (non-hydrogen) atoms. The average Bonchev–Trinajstić information content (AvgIpc) is 2.47. The van der Waals surface area contributed by atoms with Crippen molar-refractivity contribution in [2.24, 2.45) is 0 Å². The van der Waals surface area contributed by atoms with Crippen LogP contribution < -0.4 is 5.32 Å². The van der Waals surface area contributed by atoms with Crippen LogP contribution in [0.1, 0.15) is 38.2 Å². The molecule has 0 aliphatic carbocycles. The fourth-order valence-corrected chi connectivity index (χ4v) is 2.68. The number of piperidine rings is 1. The highest BCUT2D eigenvalue weighted by Gasteiger charge is 2.18. The molecule has 0 saturated carbocycles. The molecule has 0 amide bonds. The third-order valence-electron chi connectivity index (χ3n) is 4.05. The van der Waals surface area contributed by atoms with Gasteiger partial charge in [-0.1, -0.05) is 19.4 Å². The third kappa shape index (κ3) is 4.39. The van der Waals surface area contributed by atoms with Gasteiger partial charge in [0.2, 0.25) is 0 Å². The zero-order valence-corrected chi connectivity index (χ0v) is 12.3. The minimum absolute atomic E-state index is 0.0429. The third-order valence-corrected chi connectivity index (χ3v) is 4.05. The van der Waals surface area contributed by atoms with E-state index in [1.807, 2.05) is 6.07 Å². The quantitative estimate of drug-likeness (QED) is 0.700. The molecular formula is C16H26N2O2. The second kappa shape index (κ2) is 7.50.